The number of rotatable bonds is 4. The second kappa shape index (κ2) is 14.7. The van der Waals surface area contributed by atoms with Gasteiger partial charge in [-0.2, -0.15) is 0 Å². The maximum atomic E-state index is 14.0. The molecule has 0 radical (unpaired) electrons. The number of carbonyl (C=O) groups is 3. The summed E-state index contributed by atoms with van der Waals surface area (Å²) in [6.07, 6.45) is 4.69. The molecule has 1 aliphatic heterocycles. The third-order valence-electron chi connectivity index (χ3n) is 8.94. The van der Waals surface area contributed by atoms with Gasteiger partial charge in [-0.25, -0.2) is 0 Å². The molecule has 1 fully saturated rings. The average Bonchev–Trinajstić information content (AvgIpc) is 3.45. The Morgan fingerprint density at radius 3 is 2.50 bits per heavy atom. The minimum absolute atomic E-state index is 0.0595. The van der Waals surface area contributed by atoms with Crippen molar-refractivity contribution in [1.29, 1.82) is 0 Å². The maximum Gasteiger partial charge on any atom is 0.246 e. The molecule has 2 aromatic rings. The molecule has 4 rings (SSSR count). The molecule has 8 nitrogen and oxygen atoms in total. The van der Waals surface area contributed by atoms with Gasteiger partial charge in [0, 0.05) is 19.5 Å². The number of para-hydroxylation sites is 1. The highest BCUT2D eigenvalue weighted by Crippen LogP contribution is 2.31. The van der Waals surface area contributed by atoms with E-state index in [2.05, 4.69) is 41.2 Å². The van der Waals surface area contributed by atoms with Crippen LogP contribution in [0.5, 0.6) is 5.75 Å². The summed E-state index contributed by atoms with van der Waals surface area (Å²) in [4.78, 5) is 41.3. The van der Waals surface area contributed by atoms with E-state index < -0.39 is 17.6 Å². The van der Waals surface area contributed by atoms with E-state index in [0.29, 0.717) is 39.0 Å². The predicted octanol–water partition coefficient (Wildman–Crippen LogP) is 4.16. The van der Waals surface area contributed by atoms with E-state index in [4.69, 9.17) is 4.74 Å². The first kappa shape index (κ1) is 31.5. The Kier molecular flexibility index (Phi) is 11.0. The number of nitrogens with one attached hydrogen (secondary N) is 4. The van der Waals surface area contributed by atoms with Crippen LogP contribution in [0.15, 0.2) is 48.5 Å². The Morgan fingerprint density at radius 2 is 1.76 bits per heavy atom. The lowest BCUT2D eigenvalue weighted by molar-refractivity contribution is -0.137. The van der Waals surface area contributed by atoms with Crippen molar-refractivity contribution in [2.75, 3.05) is 19.7 Å². The summed E-state index contributed by atoms with van der Waals surface area (Å²) in [5, 5.41) is 12.7. The summed E-state index contributed by atoms with van der Waals surface area (Å²) in [5.74, 6) is 0.342. The minimum atomic E-state index is -1.04. The van der Waals surface area contributed by atoms with E-state index in [9.17, 15) is 14.4 Å². The van der Waals surface area contributed by atoms with Crippen molar-refractivity contribution in [3.8, 4) is 5.75 Å². The lowest BCUT2D eigenvalue weighted by atomic mass is 9.92. The summed E-state index contributed by atoms with van der Waals surface area (Å²) in [6.45, 7) is 9.63. The number of hydrogen-bond acceptors (Lipinski definition) is 5. The molecule has 2 unspecified atom stereocenters. The highest BCUT2D eigenvalue weighted by Gasteiger charge is 2.45. The number of carbonyl (C=O) groups excluding carboxylic acids is 3. The van der Waals surface area contributed by atoms with Gasteiger partial charge in [0.2, 0.25) is 17.7 Å². The van der Waals surface area contributed by atoms with Gasteiger partial charge < -0.3 is 26.0 Å². The molecular weight excluding hydrogens is 528 g/mol. The van der Waals surface area contributed by atoms with Gasteiger partial charge in [-0.3, -0.25) is 14.4 Å². The number of ether oxygens (including phenoxy) is 1. The SMILES string of the molecule is CCC(C)[C@@H]1NCCOc2ccccc2C(C)CCNC(=O)[C@@H](Cc2cccc(C)c2)NC(=O)C2(CCCC2)NC1=O. The van der Waals surface area contributed by atoms with Crippen molar-refractivity contribution >= 4 is 17.7 Å². The Balaban J connectivity index is 1.64. The fourth-order valence-corrected chi connectivity index (χ4v) is 6.15. The number of aryl methyl sites for hydroxylation is 1. The van der Waals surface area contributed by atoms with Crippen molar-refractivity contribution in [2.45, 2.75) is 96.2 Å². The standard InChI is InChI=1S/C34H48N4O4/c1-5-24(3)30-32(40)38-34(16-8-9-17-34)33(41)37-28(22-26-12-10-11-23(2)21-26)31(39)36-18-15-25(4)27-13-6-7-14-29(27)42-20-19-35-30/h6-7,10-14,21,24-25,28,30,35H,5,8-9,15-20,22H2,1-4H3,(H,36,39)(H,37,41)(H,38,40)/t24?,25?,28-,30+/m1/s1. The zero-order valence-corrected chi connectivity index (χ0v) is 25.6. The molecule has 2 aliphatic rings. The highest BCUT2D eigenvalue weighted by molar-refractivity contribution is 5.96. The smallest absolute Gasteiger partial charge is 0.246 e. The Bertz CT molecular complexity index is 1230. The normalized spacial score (nSPS) is 24.8. The van der Waals surface area contributed by atoms with Crippen molar-refractivity contribution < 1.29 is 19.1 Å². The van der Waals surface area contributed by atoms with Gasteiger partial charge in [0.1, 0.15) is 23.9 Å². The van der Waals surface area contributed by atoms with Gasteiger partial charge in [-0.05, 0) is 55.2 Å². The van der Waals surface area contributed by atoms with Crippen molar-refractivity contribution in [2.24, 2.45) is 5.92 Å². The van der Waals surface area contributed by atoms with E-state index in [0.717, 1.165) is 48.1 Å². The highest BCUT2D eigenvalue weighted by atomic mass is 16.5. The van der Waals surface area contributed by atoms with E-state index in [-0.39, 0.29) is 29.6 Å². The fraction of sp³-hybridized carbons (Fsp3) is 0.559. The molecule has 42 heavy (non-hydrogen) atoms. The topological polar surface area (TPSA) is 109 Å². The molecule has 228 valence electrons. The van der Waals surface area contributed by atoms with Crippen LogP contribution in [-0.4, -0.2) is 55.0 Å². The summed E-state index contributed by atoms with van der Waals surface area (Å²) in [6, 6.07) is 14.8. The van der Waals surface area contributed by atoms with Crippen LogP contribution in [0.3, 0.4) is 0 Å². The van der Waals surface area contributed by atoms with Crippen molar-refractivity contribution in [3.05, 3.63) is 65.2 Å². The predicted molar refractivity (Wildman–Crippen MR) is 165 cm³/mol. The molecule has 1 heterocycles. The maximum absolute atomic E-state index is 14.0. The number of benzene rings is 2. The number of hydrogen-bond donors (Lipinski definition) is 4. The van der Waals surface area contributed by atoms with Gasteiger partial charge >= 0.3 is 0 Å². The van der Waals surface area contributed by atoms with Crippen LogP contribution < -0.4 is 26.0 Å². The fourth-order valence-electron chi connectivity index (χ4n) is 6.15. The monoisotopic (exact) mass is 576 g/mol. The van der Waals surface area contributed by atoms with Crippen LogP contribution in [0.1, 0.15) is 81.9 Å². The van der Waals surface area contributed by atoms with Crippen LogP contribution in [-0.2, 0) is 20.8 Å². The first-order chi connectivity index (χ1) is 20.2. The summed E-state index contributed by atoms with van der Waals surface area (Å²) in [5.41, 5.74) is 2.11. The van der Waals surface area contributed by atoms with Crippen LogP contribution >= 0.6 is 0 Å². The van der Waals surface area contributed by atoms with Gasteiger partial charge in [0.25, 0.3) is 0 Å². The molecule has 2 aromatic carbocycles. The first-order valence-corrected chi connectivity index (χ1v) is 15.6. The quantitative estimate of drug-likeness (QED) is 0.437. The summed E-state index contributed by atoms with van der Waals surface area (Å²) in [7, 11) is 0. The molecule has 0 saturated heterocycles. The van der Waals surface area contributed by atoms with E-state index >= 15 is 0 Å². The molecular formula is C34H48N4O4. The molecule has 1 saturated carbocycles. The first-order valence-electron chi connectivity index (χ1n) is 15.6. The number of fused-ring (bicyclic) bond motifs is 1. The third-order valence-corrected chi connectivity index (χ3v) is 8.94. The van der Waals surface area contributed by atoms with Crippen LogP contribution in [0.4, 0.5) is 0 Å². The van der Waals surface area contributed by atoms with Crippen LogP contribution in [0.2, 0.25) is 0 Å². The molecule has 4 atom stereocenters. The second-order valence-electron chi connectivity index (χ2n) is 12.2. The van der Waals surface area contributed by atoms with E-state index in [1.165, 1.54) is 0 Å². The average molecular weight is 577 g/mol. The minimum Gasteiger partial charge on any atom is -0.492 e. The Hall–Kier alpha value is -3.39. The molecule has 8 heteroatoms. The molecule has 3 amide bonds. The van der Waals surface area contributed by atoms with Gasteiger partial charge in [0.05, 0.1) is 6.04 Å². The largest absolute Gasteiger partial charge is 0.492 e. The summed E-state index contributed by atoms with van der Waals surface area (Å²) < 4.78 is 6.18. The van der Waals surface area contributed by atoms with Gasteiger partial charge in [-0.1, -0.05) is 88.1 Å². The molecule has 0 aromatic heterocycles. The molecule has 1 aliphatic carbocycles. The van der Waals surface area contributed by atoms with Crippen LogP contribution in [0, 0.1) is 12.8 Å². The zero-order valence-electron chi connectivity index (χ0n) is 25.6. The van der Waals surface area contributed by atoms with Gasteiger partial charge in [0.15, 0.2) is 0 Å². The number of amides is 3. The van der Waals surface area contributed by atoms with Gasteiger partial charge in [-0.15, -0.1) is 0 Å². The zero-order chi connectivity index (χ0) is 30.1. The summed E-state index contributed by atoms with van der Waals surface area (Å²) >= 11 is 0. The molecule has 0 bridgehead atoms. The van der Waals surface area contributed by atoms with Crippen LogP contribution in [0.25, 0.3) is 0 Å². The lowest BCUT2D eigenvalue weighted by Crippen LogP contribution is -2.64. The van der Waals surface area contributed by atoms with E-state index in [1.807, 2.05) is 56.3 Å². The van der Waals surface area contributed by atoms with E-state index in [1.54, 1.807) is 0 Å². The lowest BCUT2D eigenvalue weighted by Gasteiger charge is -2.34. The molecule has 4 N–H and O–H groups in total. The molecule has 1 spiro atoms. The Morgan fingerprint density at radius 1 is 1.00 bits per heavy atom. The second-order valence-corrected chi connectivity index (χ2v) is 12.2. The van der Waals surface area contributed by atoms with Crippen molar-refractivity contribution in [1.82, 2.24) is 21.3 Å². The Labute approximate surface area is 250 Å². The van der Waals surface area contributed by atoms with Crippen molar-refractivity contribution in [3.63, 3.8) is 0 Å². The third kappa shape index (κ3) is 7.91.